The highest BCUT2D eigenvalue weighted by molar-refractivity contribution is 5.77. The lowest BCUT2D eigenvalue weighted by Gasteiger charge is -2.27. The summed E-state index contributed by atoms with van der Waals surface area (Å²) in [6.45, 7) is 8.67. The number of para-hydroxylation sites is 2. The topological polar surface area (TPSA) is 73.8 Å². The van der Waals surface area contributed by atoms with E-state index in [1.54, 1.807) is 0 Å². The molecule has 2 aliphatic heterocycles. The molecule has 1 fully saturated rings. The van der Waals surface area contributed by atoms with Crippen molar-refractivity contribution in [3.8, 4) is 17.4 Å². The Bertz CT molecular complexity index is 879. The van der Waals surface area contributed by atoms with Crippen LogP contribution >= 0.6 is 0 Å². The van der Waals surface area contributed by atoms with Crippen molar-refractivity contribution < 1.29 is 19.0 Å². The summed E-state index contributed by atoms with van der Waals surface area (Å²) in [5.41, 5.74) is 0.900. The summed E-state index contributed by atoms with van der Waals surface area (Å²) >= 11 is 0. The van der Waals surface area contributed by atoms with E-state index in [4.69, 9.17) is 14.2 Å². The number of likely N-dealkylation sites (tertiary alicyclic amines) is 1. The number of amides is 1. The quantitative estimate of drug-likeness (QED) is 0.752. The first-order chi connectivity index (χ1) is 14.4. The van der Waals surface area contributed by atoms with E-state index in [1.807, 2.05) is 41.3 Å². The minimum atomic E-state index is -0.251. The highest BCUT2D eigenvalue weighted by atomic mass is 16.6. The number of hydrogen-bond acceptors (Lipinski definition) is 6. The number of fused-ring (bicyclic) bond motifs is 1. The van der Waals surface area contributed by atoms with Gasteiger partial charge in [0.15, 0.2) is 11.5 Å². The first kappa shape index (κ1) is 20.4. The highest BCUT2D eigenvalue weighted by Crippen LogP contribution is 2.32. The average Bonchev–Trinajstić information content (AvgIpc) is 3.21. The Kier molecular flexibility index (Phi) is 5.79. The molecule has 1 aromatic carbocycles. The molecule has 0 spiro atoms. The molecule has 0 saturated carbocycles. The number of nitrogens with zero attached hydrogens (tertiary/aromatic N) is 3. The van der Waals surface area contributed by atoms with Gasteiger partial charge in [-0.15, -0.1) is 5.10 Å². The lowest BCUT2D eigenvalue weighted by atomic mass is 9.92. The third kappa shape index (κ3) is 4.83. The second-order valence-electron chi connectivity index (χ2n) is 9.01. The van der Waals surface area contributed by atoms with Crippen molar-refractivity contribution in [2.75, 3.05) is 26.3 Å². The predicted octanol–water partition coefficient (Wildman–Crippen LogP) is 3.23. The number of benzene rings is 1. The van der Waals surface area contributed by atoms with Gasteiger partial charge in [0.25, 0.3) is 0 Å². The maximum absolute atomic E-state index is 12.7. The van der Waals surface area contributed by atoms with Crippen LogP contribution in [-0.4, -0.2) is 53.4 Å². The molecule has 0 aliphatic carbocycles. The van der Waals surface area contributed by atoms with Crippen LogP contribution < -0.4 is 14.2 Å². The normalized spacial score (nSPS) is 20.8. The van der Waals surface area contributed by atoms with Gasteiger partial charge in [0, 0.05) is 30.5 Å². The Morgan fingerprint density at radius 3 is 2.70 bits per heavy atom. The maximum atomic E-state index is 12.7. The molecule has 7 nitrogen and oxygen atoms in total. The van der Waals surface area contributed by atoms with Gasteiger partial charge in [-0.1, -0.05) is 32.9 Å². The van der Waals surface area contributed by atoms with Gasteiger partial charge in [0.1, 0.15) is 12.7 Å². The number of aromatic nitrogens is 2. The van der Waals surface area contributed by atoms with Gasteiger partial charge in [-0.25, -0.2) is 0 Å². The Morgan fingerprint density at radius 2 is 1.97 bits per heavy atom. The van der Waals surface area contributed by atoms with Crippen molar-refractivity contribution in [2.45, 2.75) is 45.1 Å². The summed E-state index contributed by atoms with van der Waals surface area (Å²) in [5, 5.41) is 8.43. The first-order valence-electron chi connectivity index (χ1n) is 10.5. The molecule has 7 heteroatoms. The largest absolute Gasteiger partial charge is 0.486 e. The number of carbonyl (C=O) groups is 1. The van der Waals surface area contributed by atoms with Gasteiger partial charge in [-0.05, 0) is 24.6 Å². The molecule has 4 rings (SSSR count). The van der Waals surface area contributed by atoms with E-state index in [2.05, 4.69) is 31.0 Å². The van der Waals surface area contributed by atoms with Crippen molar-refractivity contribution in [1.82, 2.24) is 15.1 Å². The molecular weight excluding hydrogens is 382 g/mol. The van der Waals surface area contributed by atoms with Crippen molar-refractivity contribution in [3.63, 3.8) is 0 Å². The smallest absolute Gasteiger partial charge is 0.233 e. The Labute approximate surface area is 177 Å². The van der Waals surface area contributed by atoms with Gasteiger partial charge in [0.2, 0.25) is 11.8 Å². The SMILES string of the molecule is CC(C)(C)c1ccc(OCC2CCN(C(=O)CC3COc4ccccc4O3)C2)nn1. The summed E-state index contributed by atoms with van der Waals surface area (Å²) in [7, 11) is 0. The molecule has 1 amide bonds. The monoisotopic (exact) mass is 411 g/mol. The minimum absolute atomic E-state index is 0.0347. The van der Waals surface area contributed by atoms with Gasteiger partial charge < -0.3 is 19.1 Å². The van der Waals surface area contributed by atoms with E-state index in [1.165, 1.54) is 0 Å². The van der Waals surface area contributed by atoms with Gasteiger partial charge in [-0.3, -0.25) is 4.79 Å². The van der Waals surface area contributed by atoms with Gasteiger partial charge in [-0.2, -0.15) is 5.10 Å². The van der Waals surface area contributed by atoms with Crippen LogP contribution in [0, 0.1) is 5.92 Å². The van der Waals surface area contributed by atoms with E-state index in [0.717, 1.165) is 24.4 Å². The summed E-state index contributed by atoms with van der Waals surface area (Å²) in [5.74, 6) is 2.35. The summed E-state index contributed by atoms with van der Waals surface area (Å²) in [6.07, 6.45) is 0.991. The molecule has 2 aliphatic rings. The molecule has 1 saturated heterocycles. The Hall–Kier alpha value is -2.83. The molecule has 0 radical (unpaired) electrons. The van der Waals surface area contributed by atoms with Crippen LogP contribution in [0.2, 0.25) is 0 Å². The molecule has 0 N–H and O–H groups in total. The van der Waals surface area contributed by atoms with E-state index in [-0.39, 0.29) is 17.4 Å². The van der Waals surface area contributed by atoms with Gasteiger partial charge >= 0.3 is 0 Å². The fourth-order valence-electron chi connectivity index (χ4n) is 3.68. The molecule has 0 bridgehead atoms. The number of hydrogen-bond donors (Lipinski definition) is 0. The zero-order chi connectivity index (χ0) is 21.1. The van der Waals surface area contributed by atoms with Crippen molar-refractivity contribution in [3.05, 3.63) is 42.1 Å². The zero-order valence-electron chi connectivity index (χ0n) is 17.8. The van der Waals surface area contributed by atoms with E-state index >= 15 is 0 Å². The maximum Gasteiger partial charge on any atom is 0.233 e. The summed E-state index contributed by atoms with van der Waals surface area (Å²) in [6, 6.07) is 11.4. The van der Waals surface area contributed by atoms with Crippen molar-refractivity contribution >= 4 is 5.91 Å². The number of carbonyl (C=O) groups excluding carboxylic acids is 1. The molecule has 2 unspecified atom stereocenters. The molecule has 1 aromatic heterocycles. The molecular formula is C23H29N3O4. The number of rotatable bonds is 5. The number of ether oxygens (including phenoxy) is 3. The fourth-order valence-corrected chi connectivity index (χ4v) is 3.68. The molecule has 2 aromatic rings. The average molecular weight is 412 g/mol. The summed E-state index contributed by atoms with van der Waals surface area (Å²) in [4.78, 5) is 14.6. The molecule has 3 heterocycles. The first-order valence-corrected chi connectivity index (χ1v) is 10.5. The third-order valence-corrected chi connectivity index (χ3v) is 5.48. The minimum Gasteiger partial charge on any atom is -0.486 e. The Balaban J connectivity index is 1.23. The molecule has 160 valence electrons. The lowest BCUT2D eigenvalue weighted by Crippen LogP contribution is -2.37. The van der Waals surface area contributed by atoms with Crippen LogP contribution in [-0.2, 0) is 10.2 Å². The molecule has 2 atom stereocenters. The van der Waals surface area contributed by atoms with Crippen LogP contribution in [0.15, 0.2) is 36.4 Å². The zero-order valence-corrected chi connectivity index (χ0v) is 17.8. The second kappa shape index (κ2) is 8.50. The van der Waals surface area contributed by atoms with E-state index < -0.39 is 0 Å². The predicted molar refractivity (Wildman–Crippen MR) is 112 cm³/mol. The van der Waals surface area contributed by atoms with Crippen LogP contribution in [0.3, 0.4) is 0 Å². The van der Waals surface area contributed by atoms with Crippen LogP contribution in [0.5, 0.6) is 17.4 Å². The lowest BCUT2D eigenvalue weighted by molar-refractivity contribution is -0.132. The van der Waals surface area contributed by atoms with E-state index in [9.17, 15) is 4.79 Å². The van der Waals surface area contributed by atoms with E-state index in [0.29, 0.717) is 43.7 Å². The standard InChI is InChI=1S/C23H29N3O4/c1-23(2,3)20-8-9-21(25-24-20)29-14-16-10-11-26(13-16)22(27)12-17-15-28-18-6-4-5-7-19(18)30-17/h4-9,16-17H,10-15H2,1-3H3. The third-order valence-electron chi connectivity index (χ3n) is 5.48. The van der Waals surface area contributed by atoms with Crippen molar-refractivity contribution in [1.29, 1.82) is 0 Å². The van der Waals surface area contributed by atoms with Crippen LogP contribution in [0.4, 0.5) is 0 Å². The van der Waals surface area contributed by atoms with Crippen LogP contribution in [0.1, 0.15) is 39.3 Å². The second-order valence-corrected chi connectivity index (χ2v) is 9.01. The fraction of sp³-hybridized carbons (Fsp3) is 0.522. The highest BCUT2D eigenvalue weighted by Gasteiger charge is 2.30. The molecule has 30 heavy (non-hydrogen) atoms. The summed E-state index contributed by atoms with van der Waals surface area (Å²) < 4.78 is 17.4. The Morgan fingerprint density at radius 1 is 1.17 bits per heavy atom. The van der Waals surface area contributed by atoms with Crippen molar-refractivity contribution in [2.24, 2.45) is 5.92 Å². The van der Waals surface area contributed by atoms with Gasteiger partial charge in [0.05, 0.1) is 18.7 Å². The van der Waals surface area contributed by atoms with Crippen LogP contribution in [0.25, 0.3) is 0 Å².